The summed E-state index contributed by atoms with van der Waals surface area (Å²) < 4.78 is 77.8. The van der Waals surface area contributed by atoms with E-state index in [9.17, 15) is 22.4 Å². The van der Waals surface area contributed by atoms with Crippen molar-refractivity contribution in [1.29, 1.82) is 0 Å². The molecule has 1 rings (SSSR count). The average Bonchev–Trinajstić information content (AvgIpc) is 2.72. The van der Waals surface area contributed by atoms with E-state index in [2.05, 4.69) is 14.8 Å². The van der Waals surface area contributed by atoms with Crippen LogP contribution in [0.2, 0.25) is 0 Å². The molecule has 30 heavy (non-hydrogen) atoms. The van der Waals surface area contributed by atoms with Crippen molar-refractivity contribution in [3.8, 4) is 5.75 Å². The Morgan fingerprint density at radius 2 is 1.30 bits per heavy atom. The van der Waals surface area contributed by atoms with Crippen molar-refractivity contribution in [3.63, 3.8) is 0 Å². The molecule has 13 heteroatoms. The lowest BCUT2D eigenvalue weighted by atomic mass is 10.3. The number of esters is 1. The van der Waals surface area contributed by atoms with Crippen molar-refractivity contribution in [3.05, 3.63) is 39.8 Å². The molecule has 0 amide bonds. The highest BCUT2D eigenvalue weighted by atomic mass is 19.2. The predicted octanol–water partition coefficient (Wildman–Crippen LogP) is 2.92. The Bertz CT molecular complexity index is 693. The maximum absolute atomic E-state index is 13.4. The van der Waals surface area contributed by atoms with E-state index in [4.69, 9.17) is 24.5 Å². The Hall–Kier alpha value is -2.44. The van der Waals surface area contributed by atoms with Crippen molar-refractivity contribution < 1.29 is 46.0 Å². The van der Waals surface area contributed by atoms with E-state index in [0.717, 1.165) is 0 Å². The number of carbonyl (C=O) groups is 1. The lowest BCUT2D eigenvalue weighted by molar-refractivity contribution is -0.136. The van der Waals surface area contributed by atoms with Crippen molar-refractivity contribution in [1.82, 2.24) is 0 Å². The summed E-state index contributed by atoms with van der Waals surface area (Å²) >= 11 is 0. The molecule has 0 radical (unpaired) electrons. The Morgan fingerprint density at radius 3 is 1.80 bits per heavy atom. The van der Waals surface area contributed by atoms with Crippen molar-refractivity contribution in [2.45, 2.75) is 6.42 Å². The highest BCUT2D eigenvalue weighted by molar-refractivity contribution is 5.72. The fourth-order valence-corrected chi connectivity index (χ4v) is 1.87. The third-order valence-electron chi connectivity index (χ3n) is 3.25. The highest BCUT2D eigenvalue weighted by Crippen LogP contribution is 2.26. The second-order valence-electron chi connectivity index (χ2n) is 5.43. The van der Waals surface area contributed by atoms with Crippen molar-refractivity contribution in [2.75, 3.05) is 59.4 Å². The molecular weight excluding hydrogens is 418 g/mol. The van der Waals surface area contributed by atoms with Gasteiger partial charge in [0.25, 0.3) is 0 Å². The zero-order chi connectivity index (χ0) is 22.2. The van der Waals surface area contributed by atoms with Gasteiger partial charge in [0.05, 0.1) is 59.3 Å². The highest BCUT2D eigenvalue weighted by Gasteiger charge is 2.22. The van der Waals surface area contributed by atoms with Crippen LogP contribution in [0.15, 0.2) is 11.2 Å². The van der Waals surface area contributed by atoms with E-state index in [1.54, 1.807) is 0 Å². The summed E-state index contributed by atoms with van der Waals surface area (Å²) in [5.74, 6) is -9.48. The molecule has 1 aromatic carbocycles. The normalized spacial score (nSPS) is 10.7. The molecule has 0 aliphatic carbocycles. The zero-order valence-electron chi connectivity index (χ0n) is 16.0. The summed E-state index contributed by atoms with van der Waals surface area (Å²) in [4.78, 5) is 14.1. The van der Waals surface area contributed by atoms with Crippen LogP contribution < -0.4 is 4.74 Å². The SMILES string of the molecule is [N-]=[N+]=NCCOCCOCCOCCOCCC(=O)Oc1c(F)c(F)cc(F)c1F. The number of hydrogen-bond donors (Lipinski definition) is 0. The Balaban J connectivity index is 2.01. The number of azide groups is 1. The van der Waals surface area contributed by atoms with Gasteiger partial charge in [0, 0.05) is 17.5 Å². The third-order valence-corrected chi connectivity index (χ3v) is 3.25. The molecule has 168 valence electrons. The Morgan fingerprint density at radius 1 is 0.833 bits per heavy atom. The summed E-state index contributed by atoms with van der Waals surface area (Å²) in [5.41, 5.74) is 8.06. The Kier molecular flexibility index (Phi) is 13.1. The van der Waals surface area contributed by atoms with Gasteiger partial charge in [0.1, 0.15) is 0 Å². The second kappa shape index (κ2) is 15.4. The van der Waals surface area contributed by atoms with Crippen LogP contribution >= 0.6 is 0 Å². The Labute approximate surface area is 169 Å². The van der Waals surface area contributed by atoms with Crippen LogP contribution in [0.1, 0.15) is 6.42 Å². The molecule has 0 saturated heterocycles. The first-order valence-corrected chi connectivity index (χ1v) is 8.82. The molecule has 0 bridgehead atoms. The van der Waals surface area contributed by atoms with E-state index >= 15 is 0 Å². The minimum atomic E-state index is -1.79. The van der Waals surface area contributed by atoms with E-state index in [1.165, 1.54) is 0 Å². The third kappa shape index (κ3) is 10.4. The fourth-order valence-electron chi connectivity index (χ4n) is 1.87. The maximum atomic E-state index is 13.4. The number of rotatable bonds is 16. The minimum absolute atomic E-state index is 0.0123. The van der Waals surface area contributed by atoms with Crippen molar-refractivity contribution in [2.24, 2.45) is 5.11 Å². The van der Waals surface area contributed by atoms with Gasteiger partial charge in [-0.1, -0.05) is 5.11 Å². The molecule has 0 heterocycles. The smallest absolute Gasteiger partial charge is 0.313 e. The van der Waals surface area contributed by atoms with Crippen LogP contribution in [0.25, 0.3) is 10.4 Å². The summed E-state index contributed by atoms with van der Waals surface area (Å²) in [5, 5.41) is 3.30. The number of benzene rings is 1. The van der Waals surface area contributed by atoms with Gasteiger partial charge in [-0.2, -0.15) is 8.78 Å². The lowest BCUT2D eigenvalue weighted by Crippen LogP contribution is -2.16. The molecule has 0 aromatic heterocycles. The van der Waals surface area contributed by atoms with Gasteiger partial charge in [-0.25, -0.2) is 8.78 Å². The molecular formula is C17H21F4N3O6. The number of carbonyl (C=O) groups excluding carboxylic acids is 1. The number of halogens is 4. The van der Waals surface area contributed by atoms with E-state index in [-0.39, 0.29) is 38.9 Å². The van der Waals surface area contributed by atoms with Crippen LogP contribution in [0.3, 0.4) is 0 Å². The largest absolute Gasteiger partial charge is 0.420 e. The molecule has 9 nitrogen and oxygen atoms in total. The number of ether oxygens (including phenoxy) is 5. The summed E-state index contributed by atoms with van der Waals surface area (Å²) in [6, 6.07) is 0.0123. The van der Waals surface area contributed by atoms with Gasteiger partial charge in [0.2, 0.25) is 17.4 Å². The quantitative estimate of drug-likeness (QED) is 0.0572. The number of nitrogens with zero attached hydrogens (tertiary/aromatic N) is 3. The van der Waals surface area contributed by atoms with Gasteiger partial charge in [-0.05, 0) is 5.53 Å². The van der Waals surface area contributed by atoms with Crippen LogP contribution in [-0.2, 0) is 23.7 Å². The zero-order valence-corrected chi connectivity index (χ0v) is 16.0. The lowest BCUT2D eigenvalue weighted by Gasteiger charge is -2.09. The van der Waals surface area contributed by atoms with Gasteiger partial charge >= 0.3 is 5.97 Å². The second-order valence-corrected chi connectivity index (χ2v) is 5.43. The van der Waals surface area contributed by atoms with Crippen molar-refractivity contribution >= 4 is 5.97 Å². The fraction of sp³-hybridized carbons (Fsp3) is 0.588. The van der Waals surface area contributed by atoms with Gasteiger partial charge in [-0.15, -0.1) is 0 Å². The van der Waals surface area contributed by atoms with E-state index < -0.39 is 35.0 Å². The van der Waals surface area contributed by atoms with Crippen LogP contribution in [-0.4, -0.2) is 65.4 Å². The first-order valence-electron chi connectivity index (χ1n) is 8.82. The summed E-state index contributed by atoms with van der Waals surface area (Å²) in [6.45, 7) is 2.11. The molecule has 0 saturated carbocycles. The molecule has 0 fully saturated rings. The van der Waals surface area contributed by atoms with E-state index in [0.29, 0.717) is 33.0 Å². The van der Waals surface area contributed by atoms with Crippen LogP contribution in [0.4, 0.5) is 17.6 Å². The molecule has 0 atom stereocenters. The van der Waals surface area contributed by atoms with Gasteiger partial charge in [-0.3, -0.25) is 4.79 Å². The molecule has 0 spiro atoms. The topological polar surface area (TPSA) is 112 Å². The molecule has 1 aromatic rings. The average molecular weight is 439 g/mol. The maximum Gasteiger partial charge on any atom is 0.313 e. The first-order chi connectivity index (χ1) is 14.5. The van der Waals surface area contributed by atoms with Gasteiger partial charge < -0.3 is 23.7 Å². The molecule has 0 N–H and O–H groups in total. The minimum Gasteiger partial charge on any atom is -0.420 e. The predicted molar refractivity (Wildman–Crippen MR) is 93.8 cm³/mol. The molecule has 0 unspecified atom stereocenters. The first kappa shape index (κ1) is 25.6. The van der Waals surface area contributed by atoms with Gasteiger partial charge in [0.15, 0.2) is 11.6 Å². The van der Waals surface area contributed by atoms with E-state index in [1.807, 2.05) is 0 Å². The molecule has 0 aliphatic rings. The van der Waals surface area contributed by atoms with Crippen LogP contribution in [0, 0.1) is 23.3 Å². The standard InChI is InChI=1S/C17H21F4N3O6/c18-12-11-13(19)16(21)17(15(12)20)30-14(25)1-3-26-5-7-28-9-10-29-8-6-27-4-2-23-24-22/h11H,1-10H2. The summed E-state index contributed by atoms with van der Waals surface area (Å²) in [6.07, 6.45) is -0.389. The monoisotopic (exact) mass is 439 g/mol. The number of hydrogen-bond acceptors (Lipinski definition) is 7. The summed E-state index contributed by atoms with van der Waals surface area (Å²) in [7, 11) is 0. The van der Waals surface area contributed by atoms with Crippen LogP contribution in [0.5, 0.6) is 5.75 Å². The molecule has 0 aliphatic heterocycles.